The van der Waals surface area contributed by atoms with E-state index in [1.807, 2.05) is 26.0 Å². The molecule has 2 aromatic rings. The van der Waals surface area contributed by atoms with E-state index in [1.165, 1.54) is 6.92 Å². The van der Waals surface area contributed by atoms with Crippen molar-refractivity contribution in [3.63, 3.8) is 0 Å². The Balaban J connectivity index is 1.81. The lowest BCUT2D eigenvalue weighted by atomic mass is 10.1. The van der Waals surface area contributed by atoms with Crippen molar-refractivity contribution in [3.8, 4) is 5.75 Å². The number of hydrogen-bond donors (Lipinski definition) is 3. The van der Waals surface area contributed by atoms with Crippen LogP contribution < -0.4 is 20.9 Å². The van der Waals surface area contributed by atoms with Crippen molar-refractivity contribution in [1.29, 1.82) is 0 Å². The van der Waals surface area contributed by atoms with E-state index in [4.69, 9.17) is 4.74 Å². The Kier molecular flexibility index (Phi) is 6.32. The summed E-state index contributed by atoms with van der Waals surface area (Å²) in [4.78, 5) is 34.8. The third-order valence-electron chi connectivity index (χ3n) is 3.47. The van der Waals surface area contributed by atoms with Crippen LogP contribution in [0.25, 0.3) is 0 Å². The summed E-state index contributed by atoms with van der Waals surface area (Å²) in [6.45, 7) is 5.05. The zero-order valence-corrected chi connectivity index (χ0v) is 14.9. The Morgan fingerprint density at radius 2 is 1.65 bits per heavy atom. The minimum Gasteiger partial charge on any atom is -0.483 e. The quantitative estimate of drug-likeness (QED) is 0.716. The third-order valence-corrected chi connectivity index (χ3v) is 3.47. The van der Waals surface area contributed by atoms with Crippen LogP contribution in [-0.2, 0) is 9.59 Å². The number of benzene rings is 2. The maximum Gasteiger partial charge on any atom is 0.276 e. The van der Waals surface area contributed by atoms with Gasteiger partial charge in [-0.15, -0.1) is 0 Å². The molecule has 0 saturated heterocycles. The van der Waals surface area contributed by atoms with E-state index in [1.54, 1.807) is 30.3 Å². The number of hydrazine groups is 1. The summed E-state index contributed by atoms with van der Waals surface area (Å²) in [7, 11) is 0. The van der Waals surface area contributed by atoms with Crippen molar-refractivity contribution >= 4 is 23.4 Å². The minimum atomic E-state index is -0.479. The van der Waals surface area contributed by atoms with Crippen LogP contribution in [0.15, 0.2) is 42.5 Å². The van der Waals surface area contributed by atoms with Crippen LogP contribution in [0.4, 0.5) is 5.69 Å². The highest BCUT2D eigenvalue weighted by molar-refractivity contribution is 5.96. The molecule has 0 radical (unpaired) electrons. The SMILES string of the molecule is CC(=O)Nc1ccc(C(=O)NNC(=O)COc2ccc(C)cc2C)cc1. The van der Waals surface area contributed by atoms with Gasteiger partial charge in [-0.25, -0.2) is 0 Å². The van der Waals surface area contributed by atoms with Gasteiger partial charge in [0.2, 0.25) is 5.91 Å². The lowest BCUT2D eigenvalue weighted by Crippen LogP contribution is -2.43. The summed E-state index contributed by atoms with van der Waals surface area (Å²) in [5.41, 5.74) is 7.57. The van der Waals surface area contributed by atoms with E-state index < -0.39 is 11.8 Å². The van der Waals surface area contributed by atoms with Gasteiger partial charge in [0.25, 0.3) is 11.8 Å². The molecule has 3 N–H and O–H groups in total. The van der Waals surface area contributed by atoms with Crippen molar-refractivity contribution in [2.45, 2.75) is 20.8 Å². The molecule has 2 aromatic carbocycles. The Labute approximate surface area is 151 Å². The number of hydrogen-bond acceptors (Lipinski definition) is 4. The van der Waals surface area contributed by atoms with Crippen molar-refractivity contribution in [3.05, 3.63) is 59.2 Å². The highest BCUT2D eigenvalue weighted by Crippen LogP contribution is 2.18. The number of nitrogens with one attached hydrogen (secondary N) is 3. The maximum absolute atomic E-state index is 12.0. The average Bonchev–Trinajstić information content (AvgIpc) is 2.59. The van der Waals surface area contributed by atoms with Crippen molar-refractivity contribution in [2.24, 2.45) is 0 Å². The second kappa shape index (κ2) is 8.66. The molecule has 2 rings (SSSR count). The first kappa shape index (κ1) is 19.0. The van der Waals surface area contributed by atoms with Gasteiger partial charge in [-0.3, -0.25) is 25.2 Å². The van der Waals surface area contributed by atoms with Gasteiger partial charge in [-0.1, -0.05) is 17.7 Å². The van der Waals surface area contributed by atoms with Crippen molar-refractivity contribution < 1.29 is 19.1 Å². The third kappa shape index (κ3) is 5.62. The fourth-order valence-corrected chi connectivity index (χ4v) is 2.25. The Hall–Kier alpha value is -3.35. The zero-order valence-electron chi connectivity index (χ0n) is 14.9. The number of carbonyl (C=O) groups excluding carboxylic acids is 3. The van der Waals surface area contributed by atoms with Gasteiger partial charge < -0.3 is 10.1 Å². The van der Waals surface area contributed by atoms with Crippen molar-refractivity contribution in [1.82, 2.24) is 10.9 Å². The van der Waals surface area contributed by atoms with Gasteiger partial charge in [-0.2, -0.15) is 0 Å². The van der Waals surface area contributed by atoms with E-state index in [0.717, 1.165) is 11.1 Å². The molecule has 0 aliphatic heterocycles. The second-order valence-corrected chi connectivity index (χ2v) is 5.82. The molecule has 0 saturated carbocycles. The fraction of sp³-hybridized carbons (Fsp3) is 0.211. The molecule has 0 atom stereocenters. The molecule has 136 valence electrons. The zero-order chi connectivity index (χ0) is 19.1. The maximum atomic E-state index is 12.0. The molecule has 26 heavy (non-hydrogen) atoms. The van der Waals surface area contributed by atoms with E-state index in [0.29, 0.717) is 17.0 Å². The van der Waals surface area contributed by atoms with Gasteiger partial charge in [0, 0.05) is 18.2 Å². The van der Waals surface area contributed by atoms with Gasteiger partial charge in [0.05, 0.1) is 0 Å². The molecule has 0 aliphatic carbocycles. The molecule has 0 spiro atoms. The number of ether oxygens (including phenoxy) is 1. The lowest BCUT2D eigenvalue weighted by Gasteiger charge is -2.11. The summed E-state index contributed by atoms with van der Waals surface area (Å²) in [6.07, 6.45) is 0. The predicted molar refractivity (Wildman–Crippen MR) is 97.8 cm³/mol. The molecule has 0 aliphatic rings. The average molecular weight is 355 g/mol. The highest BCUT2D eigenvalue weighted by atomic mass is 16.5. The summed E-state index contributed by atoms with van der Waals surface area (Å²) < 4.78 is 5.44. The molecule has 0 bridgehead atoms. The number of rotatable bonds is 5. The number of anilines is 1. The molecule has 0 aromatic heterocycles. The van der Waals surface area contributed by atoms with Crippen LogP contribution in [0.5, 0.6) is 5.75 Å². The molecular formula is C19H21N3O4. The van der Waals surface area contributed by atoms with Crippen LogP contribution in [0.1, 0.15) is 28.4 Å². The highest BCUT2D eigenvalue weighted by Gasteiger charge is 2.09. The van der Waals surface area contributed by atoms with Gasteiger partial charge in [0.15, 0.2) is 6.61 Å². The molecule has 0 fully saturated rings. The summed E-state index contributed by atoms with van der Waals surface area (Å²) in [5, 5.41) is 2.60. The van der Waals surface area contributed by atoms with Crippen LogP contribution in [0.3, 0.4) is 0 Å². The Morgan fingerprint density at radius 3 is 2.27 bits per heavy atom. The Morgan fingerprint density at radius 1 is 0.962 bits per heavy atom. The van der Waals surface area contributed by atoms with Crippen LogP contribution in [-0.4, -0.2) is 24.3 Å². The molecule has 0 heterocycles. The largest absolute Gasteiger partial charge is 0.483 e. The van der Waals surface area contributed by atoms with Crippen LogP contribution in [0.2, 0.25) is 0 Å². The first-order chi connectivity index (χ1) is 12.3. The first-order valence-corrected chi connectivity index (χ1v) is 8.02. The van der Waals surface area contributed by atoms with Crippen LogP contribution in [0, 0.1) is 13.8 Å². The molecule has 7 heteroatoms. The van der Waals surface area contributed by atoms with Gasteiger partial charge in [0.1, 0.15) is 5.75 Å². The standard InChI is InChI=1S/C19H21N3O4/c1-12-4-9-17(13(2)10-12)26-11-18(24)21-22-19(25)15-5-7-16(8-6-15)20-14(3)23/h4-10H,11H2,1-3H3,(H,20,23)(H,21,24)(H,22,25). The van der Waals surface area contributed by atoms with E-state index in [2.05, 4.69) is 16.2 Å². The van der Waals surface area contributed by atoms with Gasteiger partial charge >= 0.3 is 0 Å². The number of amides is 3. The van der Waals surface area contributed by atoms with E-state index in [-0.39, 0.29) is 12.5 Å². The lowest BCUT2D eigenvalue weighted by molar-refractivity contribution is -0.123. The van der Waals surface area contributed by atoms with Crippen LogP contribution >= 0.6 is 0 Å². The van der Waals surface area contributed by atoms with E-state index >= 15 is 0 Å². The first-order valence-electron chi connectivity index (χ1n) is 8.02. The second-order valence-electron chi connectivity index (χ2n) is 5.82. The molecule has 0 unspecified atom stereocenters. The van der Waals surface area contributed by atoms with E-state index in [9.17, 15) is 14.4 Å². The normalized spacial score (nSPS) is 9.96. The monoisotopic (exact) mass is 355 g/mol. The number of carbonyl (C=O) groups is 3. The molecule has 7 nitrogen and oxygen atoms in total. The predicted octanol–water partition coefficient (Wildman–Crippen LogP) is 2.10. The smallest absolute Gasteiger partial charge is 0.276 e. The Bertz CT molecular complexity index is 816. The summed E-state index contributed by atoms with van der Waals surface area (Å²) in [5.74, 6) is -0.531. The topological polar surface area (TPSA) is 96.5 Å². The summed E-state index contributed by atoms with van der Waals surface area (Å²) >= 11 is 0. The van der Waals surface area contributed by atoms with Crippen molar-refractivity contribution in [2.75, 3.05) is 11.9 Å². The fourth-order valence-electron chi connectivity index (χ4n) is 2.25. The van der Waals surface area contributed by atoms with Gasteiger partial charge in [-0.05, 0) is 49.7 Å². The summed E-state index contributed by atoms with van der Waals surface area (Å²) in [6, 6.07) is 11.9. The minimum absolute atomic E-state index is 0.196. The molecule has 3 amide bonds. The number of aryl methyl sites for hydroxylation is 2. The molecular weight excluding hydrogens is 334 g/mol.